The van der Waals surface area contributed by atoms with E-state index in [1.807, 2.05) is 13.8 Å². The molecule has 0 saturated heterocycles. The average Bonchev–Trinajstić information content (AvgIpc) is 2.53. The number of allylic oxidation sites excluding steroid dienone is 3. The molecule has 0 amide bonds. The van der Waals surface area contributed by atoms with Gasteiger partial charge in [-0.25, -0.2) is 0 Å². The number of hydrogen-bond donors (Lipinski definition) is 0. The second-order valence-electron chi connectivity index (χ2n) is 9.44. The number of fused-ring (bicyclic) bond motifs is 1. The van der Waals surface area contributed by atoms with Crippen molar-refractivity contribution in [3.63, 3.8) is 0 Å². The summed E-state index contributed by atoms with van der Waals surface area (Å²) in [5, 5.41) is 0. The molecule has 2 nitrogen and oxygen atoms in total. The minimum absolute atomic E-state index is 0.0258. The molecule has 5 atom stereocenters. The van der Waals surface area contributed by atoms with E-state index in [4.69, 9.17) is 4.74 Å². The largest absolute Gasteiger partial charge is 0.461 e. The fourth-order valence-electron chi connectivity index (χ4n) is 4.19. The molecule has 25 heavy (non-hydrogen) atoms. The predicted molar refractivity (Wildman–Crippen MR) is 105 cm³/mol. The second-order valence-corrected chi connectivity index (χ2v) is 9.44. The third-order valence-corrected chi connectivity index (χ3v) is 6.37. The van der Waals surface area contributed by atoms with Crippen molar-refractivity contribution in [1.82, 2.24) is 0 Å². The summed E-state index contributed by atoms with van der Waals surface area (Å²) in [5.74, 6) is 2.65. The first kappa shape index (κ1) is 20.3. The van der Waals surface area contributed by atoms with Crippen molar-refractivity contribution in [2.24, 2.45) is 35.0 Å². The Bertz CT molecular complexity index is 526. The van der Waals surface area contributed by atoms with E-state index >= 15 is 0 Å². The first-order valence-corrected chi connectivity index (χ1v) is 10.3. The zero-order valence-electron chi connectivity index (χ0n) is 17.3. The van der Waals surface area contributed by atoms with Gasteiger partial charge >= 0.3 is 5.97 Å². The van der Waals surface area contributed by atoms with Gasteiger partial charge in [-0.05, 0) is 62.4 Å². The normalized spacial score (nSPS) is 32.3. The number of hydrogen-bond acceptors (Lipinski definition) is 2. The van der Waals surface area contributed by atoms with Gasteiger partial charge in [-0.15, -0.1) is 0 Å². The number of rotatable bonds is 6. The molecule has 0 radical (unpaired) electrons. The second kappa shape index (κ2) is 8.10. The molecule has 2 aliphatic rings. The zero-order chi connectivity index (χ0) is 18.8. The van der Waals surface area contributed by atoms with Crippen LogP contribution >= 0.6 is 0 Å². The highest BCUT2D eigenvalue weighted by atomic mass is 16.5. The summed E-state index contributed by atoms with van der Waals surface area (Å²) >= 11 is 0. The molecule has 142 valence electrons. The molecule has 0 N–H and O–H groups in total. The fraction of sp³-hybridized carbons (Fsp3) is 0.783. The van der Waals surface area contributed by atoms with Crippen LogP contribution in [0, 0.1) is 35.0 Å². The lowest BCUT2D eigenvalue weighted by Crippen LogP contribution is -2.42. The van der Waals surface area contributed by atoms with E-state index in [-0.39, 0.29) is 12.1 Å². The van der Waals surface area contributed by atoms with Crippen LogP contribution in [0.1, 0.15) is 74.1 Å². The quantitative estimate of drug-likeness (QED) is 0.537. The van der Waals surface area contributed by atoms with E-state index in [1.54, 1.807) is 0 Å². The monoisotopic (exact) mass is 346 g/mol. The molecule has 0 unspecified atom stereocenters. The Morgan fingerprint density at radius 2 is 2.00 bits per heavy atom. The van der Waals surface area contributed by atoms with Crippen molar-refractivity contribution in [2.45, 2.75) is 80.3 Å². The molecule has 2 aliphatic carbocycles. The lowest BCUT2D eigenvalue weighted by molar-refractivity contribution is -0.164. The molecule has 0 aromatic heterocycles. The molecule has 0 fully saturated rings. The smallest absolute Gasteiger partial charge is 0.311 e. The van der Waals surface area contributed by atoms with Crippen molar-refractivity contribution in [2.75, 3.05) is 0 Å². The fourth-order valence-corrected chi connectivity index (χ4v) is 4.19. The van der Waals surface area contributed by atoms with Gasteiger partial charge < -0.3 is 4.74 Å². The SMILES string of the molecule is CCC(C)(C)C(=O)O[C@H]1C[C@@H](C)C=C2C=C[C@H](C)[C@H](CCC(C)C)[C@H]21. The summed E-state index contributed by atoms with van der Waals surface area (Å²) in [6, 6.07) is 0. The topological polar surface area (TPSA) is 26.3 Å². The Balaban J connectivity index is 2.25. The van der Waals surface area contributed by atoms with Gasteiger partial charge in [0, 0.05) is 5.92 Å². The van der Waals surface area contributed by atoms with Crippen LogP contribution in [0.5, 0.6) is 0 Å². The van der Waals surface area contributed by atoms with Gasteiger partial charge in [0.2, 0.25) is 0 Å². The first-order valence-electron chi connectivity index (χ1n) is 10.3. The van der Waals surface area contributed by atoms with Gasteiger partial charge in [-0.3, -0.25) is 4.79 Å². The van der Waals surface area contributed by atoms with Crippen molar-refractivity contribution in [3.8, 4) is 0 Å². The zero-order valence-corrected chi connectivity index (χ0v) is 17.3. The molecule has 2 heteroatoms. The van der Waals surface area contributed by atoms with Gasteiger partial charge in [-0.1, -0.05) is 59.3 Å². The van der Waals surface area contributed by atoms with Crippen LogP contribution in [-0.2, 0) is 9.53 Å². The molecular weight excluding hydrogens is 308 g/mol. The summed E-state index contributed by atoms with van der Waals surface area (Å²) in [6.45, 7) is 15.2. The lowest BCUT2D eigenvalue weighted by atomic mass is 9.65. The summed E-state index contributed by atoms with van der Waals surface area (Å²) in [7, 11) is 0. The Morgan fingerprint density at radius 3 is 2.60 bits per heavy atom. The average molecular weight is 347 g/mol. The number of ether oxygens (including phenoxy) is 1. The Kier molecular flexibility index (Phi) is 6.56. The summed E-state index contributed by atoms with van der Waals surface area (Å²) in [5.41, 5.74) is 1.01. The summed E-state index contributed by atoms with van der Waals surface area (Å²) in [4.78, 5) is 12.7. The van der Waals surface area contributed by atoms with E-state index in [2.05, 4.69) is 52.8 Å². The third kappa shape index (κ3) is 4.77. The molecule has 0 saturated carbocycles. The molecule has 2 rings (SSSR count). The highest BCUT2D eigenvalue weighted by molar-refractivity contribution is 5.76. The van der Waals surface area contributed by atoms with Crippen molar-refractivity contribution < 1.29 is 9.53 Å². The van der Waals surface area contributed by atoms with Crippen LogP contribution in [0.3, 0.4) is 0 Å². The summed E-state index contributed by atoms with van der Waals surface area (Å²) < 4.78 is 6.16. The third-order valence-electron chi connectivity index (χ3n) is 6.37. The molecule has 0 aliphatic heterocycles. The molecule has 0 heterocycles. The lowest BCUT2D eigenvalue weighted by Gasteiger charge is -2.44. The number of esters is 1. The molecule has 0 spiro atoms. The minimum atomic E-state index is -0.395. The van der Waals surface area contributed by atoms with E-state index < -0.39 is 5.41 Å². The number of carbonyl (C=O) groups is 1. The molecule has 0 bridgehead atoms. The molecular formula is C23H38O2. The van der Waals surface area contributed by atoms with Crippen LogP contribution in [0.15, 0.2) is 23.8 Å². The maximum atomic E-state index is 12.7. The van der Waals surface area contributed by atoms with Crippen molar-refractivity contribution >= 4 is 5.97 Å². The van der Waals surface area contributed by atoms with Gasteiger partial charge in [0.25, 0.3) is 0 Å². The standard InChI is InChI=1S/C23H38O2/c1-8-23(6,7)22(24)25-20-14-16(4)13-18-11-10-17(5)19(21(18)20)12-9-15(2)3/h10-11,13,15-17,19-21H,8-9,12,14H2,1-7H3/t16-,17-,19-,20-,21-/m0/s1. The Hall–Kier alpha value is -1.05. The molecule has 0 aromatic carbocycles. The number of carbonyl (C=O) groups excluding carboxylic acids is 1. The van der Waals surface area contributed by atoms with Crippen LogP contribution in [0.4, 0.5) is 0 Å². The Labute approximate surface area is 155 Å². The first-order chi connectivity index (χ1) is 11.7. The highest BCUT2D eigenvalue weighted by Gasteiger charge is 2.42. The molecule has 0 aromatic rings. The summed E-state index contributed by atoms with van der Waals surface area (Å²) in [6.07, 6.45) is 11.3. The predicted octanol–water partition coefficient (Wildman–Crippen LogP) is 6.18. The van der Waals surface area contributed by atoms with E-state index in [0.717, 1.165) is 12.8 Å². The van der Waals surface area contributed by atoms with E-state index in [0.29, 0.717) is 29.6 Å². The van der Waals surface area contributed by atoms with E-state index in [9.17, 15) is 4.79 Å². The van der Waals surface area contributed by atoms with Gasteiger partial charge in [-0.2, -0.15) is 0 Å². The maximum absolute atomic E-state index is 12.7. The van der Waals surface area contributed by atoms with Crippen LogP contribution in [0.25, 0.3) is 0 Å². The Morgan fingerprint density at radius 1 is 1.32 bits per heavy atom. The van der Waals surface area contributed by atoms with Crippen LogP contribution in [-0.4, -0.2) is 12.1 Å². The van der Waals surface area contributed by atoms with Crippen molar-refractivity contribution in [3.05, 3.63) is 23.8 Å². The highest BCUT2D eigenvalue weighted by Crippen LogP contribution is 2.45. The maximum Gasteiger partial charge on any atom is 0.311 e. The van der Waals surface area contributed by atoms with Gasteiger partial charge in [0.05, 0.1) is 5.41 Å². The van der Waals surface area contributed by atoms with Gasteiger partial charge in [0.1, 0.15) is 6.10 Å². The van der Waals surface area contributed by atoms with E-state index in [1.165, 1.54) is 18.4 Å². The van der Waals surface area contributed by atoms with Crippen LogP contribution < -0.4 is 0 Å². The van der Waals surface area contributed by atoms with Gasteiger partial charge in [0.15, 0.2) is 0 Å². The minimum Gasteiger partial charge on any atom is -0.461 e. The van der Waals surface area contributed by atoms with Crippen LogP contribution in [0.2, 0.25) is 0 Å². The van der Waals surface area contributed by atoms with Crippen molar-refractivity contribution in [1.29, 1.82) is 0 Å².